The molecule has 3 aromatic carbocycles. The van der Waals surface area contributed by atoms with Gasteiger partial charge in [-0.25, -0.2) is 10.1 Å². The van der Waals surface area contributed by atoms with Gasteiger partial charge in [0.2, 0.25) is 0 Å². The van der Waals surface area contributed by atoms with Crippen LogP contribution in [0.2, 0.25) is 0 Å². The van der Waals surface area contributed by atoms with E-state index in [0.717, 1.165) is 27.0 Å². The highest BCUT2D eigenvalue weighted by molar-refractivity contribution is 9.10. The van der Waals surface area contributed by atoms with Crippen molar-refractivity contribution in [2.45, 2.75) is 13.5 Å². The summed E-state index contributed by atoms with van der Waals surface area (Å²) in [6.07, 6.45) is 1.51. The molecule has 0 saturated heterocycles. The second kappa shape index (κ2) is 9.97. The molecule has 4 rings (SSSR count). The van der Waals surface area contributed by atoms with Gasteiger partial charge in [-0.15, -0.1) is 5.10 Å². The number of ether oxygens (including phenoxy) is 1. The molecule has 0 atom stereocenters. The van der Waals surface area contributed by atoms with Crippen molar-refractivity contribution in [2.24, 2.45) is 5.10 Å². The van der Waals surface area contributed by atoms with Gasteiger partial charge in [0, 0.05) is 5.56 Å². The van der Waals surface area contributed by atoms with Crippen molar-refractivity contribution in [3.05, 3.63) is 100 Å². The predicted octanol–water partition coefficient (Wildman–Crippen LogP) is 4.16. The van der Waals surface area contributed by atoms with Crippen LogP contribution in [0.5, 0.6) is 5.75 Å². The minimum absolute atomic E-state index is 0.302. The molecular formula is C23H19BrN6O2. The minimum atomic E-state index is -0.302. The number of hydrogen-bond donors (Lipinski definition) is 1. The summed E-state index contributed by atoms with van der Waals surface area (Å²) < 4.78 is 8.26. The maximum atomic E-state index is 12.6. The normalized spacial score (nSPS) is 11.2. The lowest BCUT2D eigenvalue weighted by atomic mass is 10.1. The van der Waals surface area contributed by atoms with Gasteiger partial charge >= 0.3 is 0 Å². The number of rotatable bonds is 7. The van der Waals surface area contributed by atoms with Crippen LogP contribution in [0.3, 0.4) is 0 Å². The Labute approximate surface area is 193 Å². The molecule has 0 aliphatic rings. The van der Waals surface area contributed by atoms with Crippen LogP contribution in [0.4, 0.5) is 0 Å². The first kappa shape index (κ1) is 21.4. The van der Waals surface area contributed by atoms with Crippen molar-refractivity contribution in [2.75, 3.05) is 0 Å². The molecule has 32 heavy (non-hydrogen) atoms. The maximum Gasteiger partial charge on any atom is 0.271 e. The molecular weight excluding hydrogens is 472 g/mol. The summed E-state index contributed by atoms with van der Waals surface area (Å²) in [5.74, 6) is 0.440. The third kappa shape index (κ3) is 5.25. The molecule has 1 N–H and O–H groups in total. The van der Waals surface area contributed by atoms with E-state index in [1.807, 2.05) is 67.6 Å². The molecule has 0 radical (unpaired) electrons. The number of hydrazone groups is 1. The Hall–Kier alpha value is -3.85. The molecule has 1 aromatic heterocycles. The van der Waals surface area contributed by atoms with Crippen molar-refractivity contribution in [1.82, 2.24) is 25.6 Å². The lowest BCUT2D eigenvalue weighted by molar-refractivity contribution is 0.0954. The Kier molecular flexibility index (Phi) is 6.66. The third-order valence-corrected chi connectivity index (χ3v) is 5.28. The van der Waals surface area contributed by atoms with Crippen molar-refractivity contribution < 1.29 is 9.53 Å². The molecule has 0 aliphatic heterocycles. The van der Waals surface area contributed by atoms with Gasteiger partial charge in [-0.3, -0.25) is 4.79 Å². The number of amides is 1. The number of para-hydroxylation sites is 1. The highest BCUT2D eigenvalue weighted by atomic mass is 79.9. The molecule has 1 heterocycles. The number of carbonyl (C=O) groups is 1. The molecule has 0 fully saturated rings. The van der Waals surface area contributed by atoms with E-state index in [1.54, 1.807) is 16.8 Å². The Morgan fingerprint density at radius 1 is 1.06 bits per heavy atom. The van der Waals surface area contributed by atoms with E-state index >= 15 is 0 Å². The molecule has 160 valence electrons. The standard InChI is InChI=1S/C23H19BrN6O2/c1-16(18-7-5-9-20(13-18)30-15-25-28-29-30)26-27-23(31)19-8-4-6-17(12-19)14-32-22-11-3-2-10-21(22)24/h2-13,15H,14H2,1H3,(H,27,31)/b26-16+. The lowest BCUT2D eigenvalue weighted by Gasteiger charge is -2.09. The largest absolute Gasteiger partial charge is 0.488 e. The second-order valence-corrected chi connectivity index (χ2v) is 7.72. The third-order valence-electron chi connectivity index (χ3n) is 4.62. The second-order valence-electron chi connectivity index (χ2n) is 6.86. The van der Waals surface area contributed by atoms with E-state index in [9.17, 15) is 4.79 Å². The molecule has 9 heteroatoms. The van der Waals surface area contributed by atoms with Gasteiger partial charge in [0.25, 0.3) is 5.91 Å². The number of hydrogen-bond acceptors (Lipinski definition) is 6. The molecule has 0 spiro atoms. The number of aromatic nitrogens is 4. The average Bonchev–Trinajstić information content (AvgIpc) is 3.37. The summed E-state index contributed by atoms with van der Waals surface area (Å²) in [5.41, 5.74) is 6.28. The van der Waals surface area contributed by atoms with Crippen LogP contribution in [-0.4, -0.2) is 31.8 Å². The fraction of sp³-hybridized carbons (Fsp3) is 0.0870. The van der Waals surface area contributed by atoms with Crippen LogP contribution in [0.25, 0.3) is 5.69 Å². The summed E-state index contributed by atoms with van der Waals surface area (Å²) in [7, 11) is 0. The molecule has 0 aliphatic carbocycles. The monoisotopic (exact) mass is 490 g/mol. The topological polar surface area (TPSA) is 94.3 Å². The van der Waals surface area contributed by atoms with Crippen LogP contribution >= 0.6 is 15.9 Å². The van der Waals surface area contributed by atoms with Crippen molar-refractivity contribution in [3.63, 3.8) is 0 Å². The smallest absolute Gasteiger partial charge is 0.271 e. The number of tetrazole rings is 1. The van der Waals surface area contributed by atoms with Crippen molar-refractivity contribution >= 4 is 27.5 Å². The summed E-state index contributed by atoms with van der Waals surface area (Å²) in [5, 5.41) is 15.4. The van der Waals surface area contributed by atoms with E-state index in [-0.39, 0.29) is 5.91 Å². The SMILES string of the molecule is C/C(=N\NC(=O)c1cccc(COc2ccccc2Br)c1)c1cccc(-n2cnnn2)c1. The fourth-order valence-electron chi connectivity index (χ4n) is 2.94. The van der Waals surface area contributed by atoms with Gasteiger partial charge in [0.15, 0.2) is 0 Å². The zero-order chi connectivity index (χ0) is 22.3. The van der Waals surface area contributed by atoms with Crippen LogP contribution < -0.4 is 10.2 Å². The number of nitrogens with one attached hydrogen (secondary N) is 1. The van der Waals surface area contributed by atoms with E-state index < -0.39 is 0 Å². The summed E-state index contributed by atoms with van der Waals surface area (Å²) in [4.78, 5) is 12.6. The first-order valence-corrected chi connectivity index (χ1v) is 10.5. The van der Waals surface area contributed by atoms with E-state index in [4.69, 9.17) is 4.74 Å². The van der Waals surface area contributed by atoms with Gasteiger partial charge in [0.1, 0.15) is 18.7 Å². The number of benzene rings is 3. The molecule has 0 saturated carbocycles. The zero-order valence-electron chi connectivity index (χ0n) is 17.1. The first-order chi connectivity index (χ1) is 15.6. The predicted molar refractivity (Wildman–Crippen MR) is 124 cm³/mol. The summed E-state index contributed by atoms with van der Waals surface area (Å²) in [6.45, 7) is 2.16. The van der Waals surface area contributed by atoms with Crippen molar-refractivity contribution in [1.29, 1.82) is 0 Å². The molecule has 1 amide bonds. The van der Waals surface area contributed by atoms with Crippen molar-refractivity contribution in [3.8, 4) is 11.4 Å². The quantitative estimate of drug-likeness (QED) is 0.310. The molecule has 8 nitrogen and oxygen atoms in total. The minimum Gasteiger partial charge on any atom is -0.488 e. The zero-order valence-corrected chi connectivity index (χ0v) is 18.7. The average molecular weight is 491 g/mol. The molecule has 0 bridgehead atoms. The Morgan fingerprint density at radius 3 is 2.69 bits per heavy atom. The summed E-state index contributed by atoms with van der Waals surface area (Å²) in [6, 6.07) is 22.4. The lowest BCUT2D eigenvalue weighted by Crippen LogP contribution is -2.19. The van der Waals surface area contributed by atoms with Gasteiger partial charge in [-0.05, 0) is 80.8 Å². The van der Waals surface area contributed by atoms with Gasteiger partial charge in [-0.1, -0.05) is 36.4 Å². The van der Waals surface area contributed by atoms with Crippen LogP contribution in [0, 0.1) is 0 Å². The summed E-state index contributed by atoms with van der Waals surface area (Å²) >= 11 is 3.46. The Bertz CT molecular complexity index is 1260. The first-order valence-electron chi connectivity index (χ1n) is 9.75. The van der Waals surface area contributed by atoms with Gasteiger partial charge in [0.05, 0.1) is 15.9 Å². The Morgan fingerprint density at radius 2 is 1.88 bits per heavy atom. The molecule has 0 unspecified atom stereocenters. The Balaban J connectivity index is 1.41. The number of halogens is 1. The number of nitrogens with zero attached hydrogens (tertiary/aromatic N) is 5. The molecule has 4 aromatic rings. The van der Waals surface area contributed by atoms with Crippen LogP contribution in [0.1, 0.15) is 28.4 Å². The van der Waals surface area contributed by atoms with Gasteiger partial charge in [-0.2, -0.15) is 5.10 Å². The van der Waals surface area contributed by atoms with E-state index in [0.29, 0.717) is 17.9 Å². The maximum absolute atomic E-state index is 12.6. The number of carbonyl (C=O) groups excluding carboxylic acids is 1. The van der Waals surface area contributed by atoms with E-state index in [2.05, 4.69) is 42.0 Å². The highest BCUT2D eigenvalue weighted by Crippen LogP contribution is 2.24. The van der Waals surface area contributed by atoms with Crippen LogP contribution in [-0.2, 0) is 6.61 Å². The fourth-order valence-corrected chi connectivity index (χ4v) is 3.34. The highest BCUT2D eigenvalue weighted by Gasteiger charge is 2.08. The van der Waals surface area contributed by atoms with Crippen LogP contribution in [0.15, 0.2) is 88.7 Å². The van der Waals surface area contributed by atoms with Gasteiger partial charge < -0.3 is 4.74 Å². The van der Waals surface area contributed by atoms with E-state index in [1.165, 1.54) is 6.33 Å².